The SMILES string of the molecule is O=c1[nH]c(CCOCC(F)F)nc2c1CCCN2. The monoisotopic (exact) mass is 259 g/mol. The first-order valence-electron chi connectivity index (χ1n) is 5.88. The molecular formula is C11H15F2N3O2. The molecule has 0 aliphatic carbocycles. The van der Waals surface area contributed by atoms with Crippen molar-refractivity contribution in [2.24, 2.45) is 0 Å². The summed E-state index contributed by atoms with van der Waals surface area (Å²) in [7, 11) is 0. The van der Waals surface area contributed by atoms with Crippen molar-refractivity contribution in [1.82, 2.24) is 9.97 Å². The summed E-state index contributed by atoms with van der Waals surface area (Å²) < 4.78 is 28.4. The van der Waals surface area contributed by atoms with Crippen LogP contribution in [0, 0.1) is 0 Å². The summed E-state index contributed by atoms with van der Waals surface area (Å²) in [6, 6.07) is 0. The minimum Gasteiger partial charge on any atom is -0.375 e. The van der Waals surface area contributed by atoms with Crippen LogP contribution in [0.25, 0.3) is 0 Å². The first-order valence-corrected chi connectivity index (χ1v) is 5.88. The van der Waals surface area contributed by atoms with Crippen LogP contribution in [0.5, 0.6) is 0 Å². The normalized spacial score (nSPS) is 14.4. The maximum absolute atomic E-state index is 11.8. The lowest BCUT2D eigenvalue weighted by Gasteiger charge is -2.16. The van der Waals surface area contributed by atoms with Crippen LogP contribution in [-0.2, 0) is 17.6 Å². The molecule has 0 bridgehead atoms. The second kappa shape index (κ2) is 5.90. The van der Waals surface area contributed by atoms with Crippen molar-refractivity contribution in [3.63, 3.8) is 0 Å². The number of hydrogen-bond acceptors (Lipinski definition) is 4. The molecule has 0 unspecified atom stereocenters. The molecule has 1 aromatic heterocycles. The van der Waals surface area contributed by atoms with E-state index in [0.29, 0.717) is 30.0 Å². The Kier molecular flexibility index (Phi) is 4.24. The summed E-state index contributed by atoms with van der Waals surface area (Å²) >= 11 is 0. The molecule has 0 atom stereocenters. The Morgan fingerprint density at radius 1 is 1.44 bits per heavy atom. The van der Waals surface area contributed by atoms with E-state index in [1.54, 1.807) is 0 Å². The topological polar surface area (TPSA) is 67.0 Å². The molecule has 0 amide bonds. The molecule has 0 aromatic carbocycles. The minimum absolute atomic E-state index is 0.117. The zero-order valence-electron chi connectivity index (χ0n) is 9.84. The molecule has 18 heavy (non-hydrogen) atoms. The van der Waals surface area contributed by atoms with Crippen LogP contribution in [0.3, 0.4) is 0 Å². The number of H-pyrrole nitrogens is 1. The Bertz CT molecular complexity index is 462. The van der Waals surface area contributed by atoms with Gasteiger partial charge in [-0.1, -0.05) is 0 Å². The number of alkyl halides is 2. The van der Waals surface area contributed by atoms with Gasteiger partial charge in [0, 0.05) is 13.0 Å². The summed E-state index contributed by atoms with van der Waals surface area (Å²) in [4.78, 5) is 18.6. The highest BCUT2D eigenvalue weighted by atomic mass is 19.3. The van der Waals surface area contributed by atoms with E-state index in [4.69, 9.17) is 4.74 Å². The standard InChI is InChI=1S/C11H15F2N3O2/c12-8(13)6-18-5-3-9-15-10-7(11(17)16-9)2-1-4-14-10/h8H,1-6H2,(H2,14,15,16,17). The number of nitrogens with zero attached hydrogens (tertiary/aromatic N) is 1. The van der Waals surface area contributed by atoms with Gasteiger partial charge in [-0.3, -0.25) is 4.79 Å². The lowest BCUT2D eigenvalue weighted by atomic mass is 10.1. The van der Waals surface area contributed by atoms with Crippen LogP contribution in [0.1, 0.15) is 17.8 Å². The van der Waals surface area contributed by atoms with Crippen LogP contribution in [0.2, 0.25) is 0 Å². The molecule has 2 heterocycles. The van der Waals surface area contributed by atoms with Crippen molar-refractivity contribution in [2.75, 3.05) is 25.1 Å². The molecule has 0 radical (unpaired) electrons. The van der Waals surface area contributed by atoms with E-state index in [-0.39, 0.29) is 12.2 Å². The molecule has 5 nitrogen and oxygen atoms in total. The third-order valence-electron chi connectivity index (χ3n) is 2.69. The summed E-state index contributed by atoms with van der Waals surface area (Å²) in [5.41, 5.74) is 0.509. The average molecular weight is 259 g/mol. The third kappa shape index (κ3) is 3.25. The predicted octanol–water partition coefficient (Wildman–Crippen LogP) is 0.952. The zero-order valence-corrected chi connectivity index (χ0v) is 9.84. The molecule has 0 saturated carbocycles. The fraction of sp³-hybridized carbons (Fsp3) is 0.636. The van der Waals surface area contributed by atoms with E-state index in [0.717, 1.165) is 13.0 Å². The number of aromatic nitrogens is 2. The van der Waals surface area contributed by atoms with E-state index in [9.17, 15) is 13.6 Å². The van der Waals surface area contributed by atoms with Gasteiger partial charge in [0.1, 0.15) is 18.2 Å². The zero-order chi connectivity index (χ0) is 13.0. The van der Waals surface area contributed by atoms with Crippen molar-refractivity contribution in [3.05, 3.63) is 21.7 Å². The largest absolute Gasteiger partial charge is 0.375 e. The second-order valence-electron chi connectivity index (χ2n) is 4.09. The van der Waals surface area contributed by atoms with Gasteiger partial charge < -0.3 is 15.0 Å². The fourth-order valence-electron chi connectivity index (χ4n) is 1.85. The summed E-state index contributed by atoms with van der Waals surface area (Å²) in [5, 5.41) is 3.06. The predicted molar refractivity (Wildman–Crippen MR) is 62.2 cm³/mol. The summed E-state index contributed by atoms with van der Waals surface area (Å²) in [5.74, 6) is 1.07. The number of nitrogens with one attached hydrogen (secondary N) is 2. The molecular weight excluding hydrogens is 244 g/mol. The van der Waals surface area contributed by atoms with Crippen molar-refractivity contribution >= 4 is 5.82 Å². The Morgan fingerprint density at radius 2 is 2.28 bits per heavy atom. The maximum atomic E-state index is 11.8. The third-order valence-corrected chi connectivity index (χ3v) is 2.69. The lowest BCUT2D eigenvalue weighted by molar-refractivity contribution is 0.0183. The Morgan fingerprint density at radius 3 is 3.06 bits per heavy atom. The molecule has 1 aliphatic heterocycles. The molecule has 0 saturated heterocycles. The number of hydrogen-bond donors (Lipinski definition) is 2. The van der Waals surface area contributed by atoms with Crippen molar-refractivity contribution < 1.29 is 13.5 Å². The number of halogens is 2. The Labute approximate surface area is 103 Å². The van der Waals surface area contributed by atoms with Crippen LogP contribution in [0.4, 0.5) is 14.6 Å². The molecule has 2 rings (SSSR count). The van der Waals surface area contributed by atoms with Crippen LogP contribution in [0.15, 0.2) is 4.79 Å². The van der Waals surface area contributed by atoms with Gasteiger partial charge in [-0.05, 0) is 12.8 Å². The fourth-order valence-corrected chi connectivity index (χ4v) is 1.85. The Hall–Kier alpha value is -1.50. The van der Waals surface area contributed by atoms with Crippen molar-refractivity contribution in [2.45, 2.75) is 25.7 Å². The van der Waals surface area contributed by atoms with Gasteiger partial charge in [0.2, 0.25) is 0 Å². The Balaban J connectivity index is 1.97. The summed E-state index contributed by atoms with van der Waals surface area (Å²) in [6.45, 7) is 0.324. The maximum Gasteiger partial charge on any atom is 0.261 e. The minimum atomic E-state index is -2.47. The number of ether oxygens (including phenoxy) is 1. The average Bonchev–Trinajstić information content (AvgIpc) is 2.35. The number of fused-ring (bicyclic) bond motifs is 1. The smallest absolute Gasteiger partial charge is 0.261 e. The van der Waals surface area contributed by atoms with E-state index in [1.807, 2.05) is 0 Å². The molecule has 0 fully saturated rings. The van der Waals surface area contributed by atoms with Gasteiger partial charge in [-0.15, -0.1) is 0 Å². The van der Waals surface area contributed by atoms with Gasteiger partial charge >= 0.3 is 0 Å². The summed E-state index contributed by atoms with van der Waals surface area (Å²) in [6.07, 6.45) is -0.527. The van der Waals surface area contributed by atoms with Crippen LogP contribution in [-0.4, -0.2) is 36.2 Å². The van der Waals surface area contributed by atoms with Gasteiger partial charge in [-0.2, -0.15) is 0 Å². The molecule has 100 valence electrons. The molecule has 1 aromatic rings. The molecule has 7 heteroatoms. The van der Waals surface area contributed by atoms with Crippen LogP contribution >= 0.6 is 0 Å². The molecule has 0 spiro atoms. The van der Waals surface area contributed by atoms with E-state index >= 15 is 0 Å². The van der Waals surface area contributed by atoms with E-state index in [1.165, 1.54) is 0 Å². The van der Waals surface area contributed by atoms with E-state index in [2.05, 4.69) is 15.3 Å². The van der Waals surface area contributed by atoms with Gasteiger partial charge in [-0.25, -0.2) is 13.8 Å². The second-order valence-corrected chi connectivity index (χ2v) is 4.09. The first kappa shape index (κ1) is 12.9. The van der Waals surface area contributed by atoms with Gasteiger partial charge in [0.15, 0.2) is 0 Å². The van der Waals surface area contributed by atoms with Crippen molar-refractivity contribution in [1.29, 1.82) is 0 Å². The molecule has 1 aliphatic rings. The van der Waals surface area contributed by atoms with E-state index < -0.39 is 13.0 Å². The van der Waals surface area contributed by atoms with Crippen LogP contribution < -0.4 is 10.9 Å². The van der Waals surface area contributed by atoms with Gasteiger partial charge in [0.25, 0.3) is 12.0 Å². The molecule has 2 N–H and O–H groups in total. The highest BCUT2D eigenvalue weighted by Gasteiger charge is 2.14. The number of aromatic amines is 1. The first-order chi connectivity index (χ1) is 8.66. The van der Waals surface area contributed by atoms with Gasteiger partial charge in [0.05, 0.1) is 12.2 Å². The van der Waals surface area contributed by atoms with Crippen molar-refractivity contribution in [3.8, 4) is 0 Å². The highest BCUT2D eigenvalue weighted by Crippen LogP contribution is 2.14. The number of rotatable bonds is 5. The highest BCUT2D eigenvalue weighted by molar-refractivity contribution is 5.44. The lowest BCUT2D eigenvalue weighted by Crippen LogP contribution is -2.25. The number of anilines is 1. The quantitative estimate of drug-likeness (QED) is 0.773.